The molecule has 104 valence electrons. The maximum Gasteiger partial charge on any atom is 0.254 e. The van der Waals surface area contributed by atoms with Crippen molar-refractivity contribution in [2.45, 2.75) is 6.61 Å². The normalized spacial score (nSPS) is 10.1. The van der Waals surface area contributed by atoms with Crippen molar-refractivity contribution < 1.29 is 19.4 Å². The number of primary amides is 1. The van der Waals surface area contributed by atoms with E-state index in [0.29, 0.717) is 17.1 Å². The minimum atomic E-state index is -0.626. The average molecular weight is 274 g/mol. The molecule has 1 aromatic carbocycles. The van der Waals surface area contributed by atoms with Crippen LogP contribution in [0.3, 0.4) is 0 Å². The number of hydrogen-bond acceptors (Lipinski definition) is 5. The maximum atomic E-state index is 11.3. The first-order valence-corrected chi connectivity index (χ1v) is 5.86. The van der Waals surface area contributed by atoms with Gasteiger partial charge in [-0.25, -0.2) is 4.98 Å². The van der Waals surface area contributed by atoms with Gasteiger partial charge in [-0.1, -0.05) is 6.07 Å². The van der Waals surface area contributed by atoms with Crippen LogP contribution in [0.25, 0.3) is 0 Å². The number of carbonyl (C=O) groups is 1. The van der Waals surface area contributed by atoms with Gasteiger partial charge in [0.05, 0.1) is 13.7 Å². The summed E-state index contributed by atoms with van der Waals surface area (Å²) < 4.78 is 10.8. The number of hydrogen-bond donors (Lipinski definition) is 2. The molecule has 0 saturated heterocycles. The zero-order valence-electron chi connectivity index (χ0n) is 10.9. The van der Waals surface area contributed by atoms with Crippen LogP contribution in [0.5, 0.6) is 17.4 Å². The van der Waals surface area contributed by atoms with E-state index in [9.17, 15) is 4.79 Å². The summed E-state index contributed by atoms with van der Waals surface area (Å²) in [5.74, 6) is 0.289. The lowest BCUT2D eigenvalue weighted by Crippen LogP contribution is -2.12. The molecule has 0 spiro atoms. The second-order valence-corrected chi connectivity index (χ2v) is 3.97. The molecule has 2 aromatic rings. The van der Waals surface area contributed by atoms with Gasteiger partial charge in [-0.2, -0.15) is 0 Å². The summed E-state index contributed by atoms with van der Waals surface area (Å²) >= 11 is 0. The van der Waals surface area contributed by atoms with E-state index in [1.807, 2.05) is 0 Å². The maximum absolute atomic E-state index is 11.3. The zero-order valence-corrected chi connectivity index (χ0v) is 10.9. The summed E-state index contributed by atoms with van der Waals surface area (Å²) in [6.45, 7) is -0.104. The fourth-order valence-corrected chi connectivity index (χ4v) is 1.66. The fraction of sp³-hybridized carbons (Fsp3) is 0.143. The summed E-state index contributed by atoms with van der Waals surface area (Å²) in [7, 11) is 1.48. The monoisotopic (exact) mass is 274 g/mol. The molecule has 1 amide bonds. The van der Waals surface area contributed by atoms with Crippen molar-refractivity contribution in [2.24, 2.45) is 5.73 Å². The van der Waals surface area contributed by atoms with E-state index >= 15 is 0 Å². The Morgan fingerprint density at radius 3 is 2.80 bits per heavy atom. The molecule has 0 unspecified atom stereocenters. The molecule has 1 aromatic heterocycles. The first-order valence-electron chi connectivity index (χ1n) is 5.86. The van der Waals surface area contributed by atoms with Crippen LogP contribution < -0.4 is 15.2 Å². The highest BCUT2D eigenvalue weighted by Crippen LogP contribution is 2.32. The molecular weight excluding hydrogens is 260 g/mol. The second kappa shape index (κ2) is 6.03. The predicted octanol–water partition coefficient (Wildman–Crippen LogP) is 1.47. The Kier molecular flexibility index (Phi) is 4.17. The van der Waals surface area contributed by atoms with Crippen LogP contribution >= 0.6 is 0 Å². The molecular formula is C14H14N2O4. The summed E-state index contributed by atoms with van der Waals surface area (Å²) in [5, 5.41) is 9.09. The molecule has 1 heterocycles. The number of ether oxygens (including phenoxy) is 2. The van der Waals surface area contributed by atoms with Crippen molar-refractivity contribution in [1.29, 1.82) is 0 Å². The van der Waals surface area contributed by atoms with Gasteiger partial charge in [0.25, 0.3) is 5.91 Å². The van der Waals surface area contributed by atoms with Gasteiger partial charge >= 0.3 is 0 Å². The van der Waals surface area contributed by atoms with E-state index < -0.39 is 5.91 Å². The minimum Gasteiger partial charge on any atom is -0.493 e. The van der Waals surface area contributed by atoms with Crippen molar-refractivity contribution >= 4 is 5.91 Å². The van der Waals surface area contributed by atoms with E-state index in [4.69, 9.17) is 20.3 Å². The highest BCUT2D eigenvalue weighted by Gasteiger charge is 2.13. The predicted molar refractivity (Wildman–Crippen MR) is 71.7 cm³/mol. The highest BCUT2D eigenvalue weighted by atomic mass is 16.5. The molecule has 0 bridgehead atoms. The number of nitrogens with zero attached hydrogens (tertiary/aromatic N) is 1. The Balaban J connectivity index is 2.37. The summed E-state index contributed by atoms with van der Waals surface area (Å²) in [4.78, 5) is 15.3. The Hall–Kier alpha value is -2.60. The lowest BCUT2D eigenvalue weighted by atomic mass is 10.2. The standard InChI is InChI=1S/C14H14N2O4/c1-19-12-7-9(8-17)4-5-11(12)20-14-10(13(15)18)3-2-6-16-14/h2-7,17H,8H2,1H3,(H2,15,18). The third-order valence-corrected chi connectivity index (χ3v) is 2.65. The van der Waals surface area contributed by atoms with Crippen LogP contribution in [-0.4, -0.2) is 23.1 Å². The molecule has 0 atom stereocenters. The molecule has 3 N–H and O–H groups in total. The van der Waals surface area contributed by atoms with Gasteiger partial charge in [-0.05, 0) is 29.8 Å². The largest absolute Gasteiger partial charge is 0.493 e. The van der Waals surface area contributed by atoms with Gasteiger partial charge in [-0.15, -0.1) is 0 Å². The van der Waals surface area contributed by atoms with Crippen molar-refractivity contribution in [3.8, 4) is 17.4 Å². The van der Waals surface area contributed by atoms with Crippen molar-refractivity contribution in [3.05, 3.63) is 47.7 Å². The quantitative estimate of drug-likeness (QED) is 0.861. The number of pyridine rings is 1. The lowest BCUT2D eigenvalue weighted by Gasteiger charge is -2.12. The molecule has 0 radical (unpaired) electrons. The molecule has 2 rings (SSSR count). The molecule has 6 nitrogen and oxygen atoms in total. The van der Waals surface area contributed by atoms with Crippen LogP contribution in [0.15, 0.2) is 36.5 Å². The van der Waals surface area contributed by atoms with Crippen molar-refractivity contribution in [2.75, 3.05) is 7.11 Å². The third kappa shape index (κ3) is 2.86. The van der Waals surface area contributed by atoms with E-state index in [1.54, 1.807) is 24.3 Å². The van der Waals surface area contributed by atoms with Crippen LogP contribution in [0.1, 0.15) is 15.9 Å². The zero-order chi connectivity index (χ0) is 14.5. The average Bonchev–Trinajstić information content (AvgIpc) is 2.48. The van der Waals surface area contributed by atoms with Gasteiger partial charge in [0, 0.05) is 6.20 Å². The second-order valence-electron chi connectivity index (χ2n) is 3.97. The molecule has 20 heavy (non-hydrogen) atoms. The first kappa shape index (κ1) is 13.8. The number of methoxy groups -OCH3 is 1. The van der Waals surface area contributed by atoms with Crippen molar-refractivity contribution in [3.63, 3.8) is 0 Å². The fourth-order valence-electron chi connectivity index (χ4n) is 1.66. The van der Waals surface area contributed by atoms with Crippen molar-refractivity contribution in [1.82, 2.24) is 4.98 Å². The van der Waals surface area contributed by atoms with Gasteiger partial charge < -0.3 is 20.3 Å². The smallest absolute Gasteiger partial charge is 0.254 e. The number of nitrogens with two attached hydrogens (primary N) is 1. The van der Waals surface area contributed by atoms with E-state index in [2.05, 4.69) is 4.98 Å². The van der Waals surface area contributed by atoms with Crippen LogP contribution in [0.4, 0.5) is 0 Å². The Bertz CT molecular complexity index is 628. The van der Waals surface area contributed by atoms with Gasteiger partial charge in [0.15, 0.2) is 11.5 Å². The first-order chi connectivity index (χ1) is 9.65. The number of amides is 1. The minimum absolute atomic E-state index is 0.104. The molecule has 0 aliphatic rings. The third-order valence-electron chi connectivity index (χ3n) is 2.65. The molecule has 0 saturated carbocycles. The van der Waals surface area contributed by atoms with Gasteiger partial charge in [-0.3, -0.25) is 4.79 Å². The Labute approximate surface area is 115 Å². The summed E-state index contributed by atoms with van der Waals surface area (Å²) in [6, 6.07) is 8.08. The van der Waals surface area contributed by atoms with Gasteiger partial charge in [0.1, 0.15) is 5.56 Å². The number of aromatic nitrogens is 1. The molecule has 6 heteroatoms. The van der Waals surface area contributed by atoms with Crippen LogP contribution in [0, 0.1) is 0 Å². The Morgan fingerprint density at radius 2 is 2.15 bits per heavy atom. The van der Waals surface area contributed by atoms with E-state index in [0.717, 1.165) is 0 Å². The van der Waals surface area contributed by atoms with Crippen LogP contribution in [-0.2, 0) is 6.61 Å². The number of aliphatic hydroxyl groups excluding tert-OH is 1. The van der Waals surface area contributed by atoms with E-state index in [-0.39, 0.29) is 18.1 Å². The lowest BCUT2D eigenvalue weighted by molar-refractivity contribution is 0.0997. The number of benzene rings is 1. The topological polar surface area (TPSA) is 94.7 Å². The van der Waals surface area contributed by atoms with E-state index in [1.165, 1.54) is 19.4 Å². The van der Waals surface area contributed by atoms with Crippen LogP contribution in [0.2, 0.25) is 0 Å². The highest BCUT2D eigenvalue weighted by molar-refractivity contribution is 5.95. The number of aliphatic hydroxyl groups is 1. The molecule has 0 aliphatic heterocycles. The molecule has 0 fully saturated rings. The SMILES string of the molecule is COc1cc(CO)ccc1Oc1ncccc1C(N)=O. The Morgan fingerprint density at radius 1 is 1.35 bits per heavy atom. The summed E-state index contributed by atoms with van der Waals surface area (Å²) in [6.07, 6.45) is 1.50. The molecule has 0 aliphatic carbocycles. The number of carbonyl (C=O) groups excluding carboxylic acids is 1. The summed E-state index contributed by atoms with van der Waals surface area (Å²) in [5.41, 5.74) is 6.13. The number of rotatable bonds is 5. The van der Waals surface area contributed by atoms with Gasteiger partial charge in [0.2, 0.25) is 5.88 Å².